The van der Waals surface area contributed by atoms with E-state index in [1.54, 1.807) is 0 Å². The quantitative estimate of drug-likeness (QED) is 0.920. The Morgan fingerprint density at radius 1 is 1.39 bits per heavy atom. The van der Waals surface area contributed by atoms with Crippen LogP contribution in [0.2, 0.25) is 0 Å². The lowest BCUT2D eigenvalue weighted by Gasteiger charge is -2.03. The van der Waals surface area contributed by atoms with E-state index in [0.29, 0.717) is 6.54 Å². The van der Waals surface area contributed by atoms with Crippen molar-refractivity contribution in [2.45, 2.75) is 20.0 Å². The molecule has 0 amide bonds. The summed E-state index contributed by atoms with van der Waals surface area (Å²) in [7, 11) is 0. The van der Waals surface area contributed by atoms with Crippen molar-refractivity contribution in [1.29, 1.82) is 0 Å². The van der Waals surface area contributed by atoms with Gasteiger partial charge in [-0.2, -0.15) is 5.10 Å². The minimum absolute atomic E-state index is 0.237. The third-order valence-corrected chi connectivity index (χ3v) is 2.98. The van der Waals surface area contributed by atoms with Gasteiger partial charge in [0.1, 0.15) is 5.82 Å². The Morgan fingerprint density at radius 2 is 2.22 bits per heavy atom. The molecule has 0 saturated heterocycles. The topological polar surface area (TPSA) is 29.9 Å². The van der Waals surface area contributed by atoms with E-state index >= 15 is 0 Å². The van der Waals surface area contributed by atoms with Crippen molar-refractivity contribution >= 4 is 15.9 Å². The average molecular weight is 312 g/mol. The summed E-state index contributed by atoms with van der Waals surface area (Å²) in [4.78, 5) is 0. The van der Waals surface area contributed by atoms with Crippen molar-refractivity contribution in [3.05, 3.63) is 52.0 Å². The van der Waals surface area contributed by atoms with Crippen LogP contribution >= 0.6 is 15.9 Å². The molecule has 1 aromatic heterocycles. The molecule has 3 nitrogen and oxygen atoms in total. The zero-order chi connectivity index (χ0) is 13.0. The van der Waals surface area contributed by atoms with Crippen LogP contribution in [0.25, 0.3) is 0 Å². The minimum atomic E-state index is -0.237. The summed E-state index contributed by atoms with van der Waals surface area (Å²) >= 11 is 3.29. The van der Waals surface area contributed by atoms with Gasteiger partial charge in [0.05, 0.1) is 12.2 Å². The molecule has 96 valence electrons. The standard InChI is InChI=1S/C13H15BrFN3/c1-2-16-8-13-3-4-18(17-13)9-10-5-11(14)7-12(15)6-10/h3-7,16H,2,8-9H2,1H3. The first-order valence-corrected chi connectivity index (χ1v) is 6.64. The summed E-state index contributed by atoms with van der Waals surface area (Å²) in [5.41, 5.74) is 1.88. The van der Waals surface area contributed by atoms with E-state index in [4.69, 9.17) is 0 Å². The fourth-order valence-corrected chi connectivity index (χ4v) is 2.24. The molecule has 0 aliphatic carbocycles. The highest BCUT2D eigenvalue weighted by molar-refractivity contribution is 9.10. The van der Waals surface area contributed by atoms with Gasteiger partial charge in [-0.1, -0.05) is 22.9 Å². The van der Waals surface area contributed by atoms with Gasteiger partial charge in [0.2, 0.25) is 0 Å². The van der Waals surface area contributed by atoms with E-state index in [2.05, 4.69) is 33.3 Å². The SMILES string of the molecule is CCNCc1ccn(Cc2cc(F)cc(Br)c2)n1. The zero-order valence-corrected chi connectivity index (χ0v) is 11.7. The monoisotopic (exact) mass is 311 g/mol. The molecule has 0 atom stereocenters. The summed E-state index contributed by atoms with van der Waals surface area (Å²) in [6.07, 6.45) is 1.91. The van der Waals surface area contributed by atoms with Crippen molar-refractivity contribution in [3.63, 3.8) is 0 Å². The molecular formula is C13H15BrFN3. The van der Waals surface area contributed by atoms with Crippen molar-refractivity contribution < 1.29 is 4.39 Å². The Labute approximate surface area is 114 Å². The number of hydrogen-bond donors (Lipinski definition) is 1. The molecule has 2 aromatic rings. The summed E-state index contributed by atoms with van der Waals surface area (Å²) in [5, 5.41) is 7.64. The molecule has 5 heteroatoms. The van der Waals surface area contributed by atoms with E-state index in [1.807, 2.05) is 23.0 Å². The lowest BCUT2D eigenvalue weighted by Crippen LogP contribution is -2.12. The van der Waals surface area contributed by atoms with Gasteiger partial charge in [-0.05, 0) is 36.4 Å². The zero-order valence-electron chi connectivity index (χ0n) is 10.2. The molecule has 0 radical (unpaired) electrons. The lowest BCUT2D eigenvalue weighted by molar-refractivity contribution is 0.614. The molecule has 1 N–H and O–H groups in total. The van der Waals surface area contributed by atoms with E-state index in [1.165, 1.54) is 12.1 Å². The predicted molar refractivity (Wildman–Crippen MR) is 72.8 cm³/mol. The fourth-order valence-electron chi connectivity index (χ4n) is 1.73. The van der Waals surface area contributed by atoms with Crippen LogP contribution in [-0.4, -0.2) is 16.3 Å². The van der Waals surface area contributed by atoms with Crippen LogP contribution in [0.15, 0.2) is 34.9 Å². The van der Waals surface area contributed by atoms with Crippen LogP contribution < -0.4 is 5.32 Å². The highest BCUT2D eigenvalue weighted by Gasteiger charge is 2.02. The smallest absolute Gasteiger partial charge is 0.124 e. The largest absolute Gasteiger partial charge is 0.311 e. The molecule has 0 spiro atoms. The molecule has 0 aliphatic rings. The molecule has 2 rings (SSSR count). The molecule has 18 heavy (non-hydrogen) atoms. The van der Waals surface area contributed by atoms with Crippen molar-refractivity contribution in [1.82, 2.24) is 15.1 Å². The van der Waals surface area contributed by atoms with Crippen molar-refractivity contribution in [3.8, 4) is 0 Å². The molecule has 1 aromatic carbocycles. The number of nitrogens with zero attached hydrogens (tertiary/aromatic N) is 2. The first-order chi connectivity index (χ1) is 8.67. The highest BCUT2D eigenvalue weighted by atomic mass is 79.9. The average Bonchev–Trinajstić information content (AvgIpc) is 2.72. The fraction of sp³-hybridized carbons (Fsp3) is 0.308. The van der Waals surface area contributed by atoms with Crippen LogP contribution in [-0.2, 0) is 13.1 Å². The van der Waals surface area contributed by atoms with Crippen LogP contribution in [0.3, 0.4) is 0 Å². The Kier molecular flexibility index (Phi) is 4.49. The van der Waals surface area contributed by atoms with Gasteiger partial charge in [0, 0.05) is 17.2 Å². The van der Waals surface area contributed by atoms with Gasteiger partial charge in [-0.25, -0.2) is 4.39 Å². The molecule has 0 unspecified atom stereocenters. The second kappa shape index (κ2) is 6.11. The third-order valence-electron chi connectivity index (χ3n) is 2.52. The maximum atomic E-state index is 13.2. The Bertz CT molecular complexity index is 504. The molecule has 0 aliphatic heterocycles. The highest BCUT2D eigenvalue weighted by Crippen LogP contribution is 2.15. The van der Waals surface area contributed by atoms with Crippen molar-refractivity contribution in [2.75, 3.05) is 6.54 Å². The number of halogens is 2. The second-order valence-corrected chi connectivity index (χ2v) is 4.98. The van der Waals surface area contributed by atoms with Crippen LogP contribution in [0, 0.1) is 5.82 Å². The molecule has 0 bridgehead atoms. The lowest BCUT2D eigenvalue weighted by atomic mass is 10.2. The number of nitrogens with one attached hydrogen (secondary N) is 1. The van der Waals surface area contributed by atoms with Gasteiger partial charge in [0.25, 0.3) is 0 Å². The first kappa shape index (κ1) is 13.2. The van der Waals surface area contributed by atoms with E-state index in [0.717, 1.165) is 28.8 Å². The summed E-state index contributed by atoms with van der Waals surface area (Å²) in [6.45, 7) is 4.31. The molecular weight excluding hydrogens is 297 g/mol. The maximum absolute atomic E-state index is 13.2. The maximum Gasteiger partial charge on any atom is 0.124 e. The number of hydrogen-bond acceptors (Lipinski definition) is 2. The number of rotatable bonds is 5. The molecule has 1 heterocycles. The Balaban J connectivity index is 2.06. The van der Waals surface area contributed by atoms with Crippen LogP contribution in [0.1, 0.15) is 18.2 Å². The number of aromatic nitrogens is 2. The van der Waals surface area contributed by atoms with Gasteiger partial charge in [-0.15, -0.1) is 0 Å². The van der Waals surface area contributed by atoms with Gasteiger partial charge >= 0.3 is 0 Å². The normalized spacial score (nSPS) is 10.8. The van der Waals surface area contributed by atoms with Gasteiger partial charge in [-0.3, -0.25) is 4.68 Å². The van der Waals surface area contributed by atoms with Crippen LogP contribution in [0.5, 0.6) is 0 Å². The minimum Gasteiger partial charge on any atom is -0.311 e. The predicted octanol–water partition coefficient (Wildman–Crippen LogP) is 2.94. The van der Waals surface area contributed by atoms with E-state index in [9.17, 15) is 4.39 Å². The first-order valence-electron chi connectivity index (χ1n) is 5.85. The number of benzene rings is 1. The van der Waals surface area contributed by atoms with E-state index < -0.39 is 0 Å². The van der Waals surface area contributed by atoms with Crippen molar-refractivity contribution in [2.24, 2.45) is 0 Å². The summed E-state index contributed by atoms with van der Waals surface area (Å²) < 4.78 is 15.8. The molecule has 0 saturated carbocycles. The second-order valence-electron chi connectivity index (χ2n) is 4.06. The van der Waals surface area contributed by atoms with Gasteiger partial charge < -0.3 is 5.32 Å². The van der Waals surface area contributed by atoms with E-state index in [-0.39, 0.29) is 5.82 Å². The summed E-state index contributed by atoms with van der Waals surface area (Å²) in [6, 6.07) is 6.84. The van der Waals surface area contributed by atoms with Gasteiger partial charge in [0.15, 0.2) is 0 Å². The Morgan fingerprint density at radius 3 is 2.94 bits per heavy atom. The summed E-state index contributed by atoms with van der Waals surface area (Å²) in [5.74, 6) is -0.237. The molecule has 0 fully saturated rings. The third kappa shape index (κ3) is 3.65. The van der Waals surface area contributed by atoms with Crippen LogP contribution in [0.4, 0.5) is 4.39 Å². The Hall–Kier alpha value is -1.20.